The van der Waals surface area contributed by atoms with Crippen molar-refractivity contribution in [2.75, 3.05) is 33.3 Å². The van der Waals surface area contributed by atoms with Gasteiger partial charge in [0.2, 0.25) is 5.91 Å². The number of amides is 2. The van der Waals surface area contributed by atoms with Crippen LogP contribution in [0.15, 0.2) is 0 Å². The van der Waals surface area contributed by atoms with Crippen molar-refractivity contribution in [2.24, 2.45) is 5.92 Å². The number of hydrogen-bond acceptors (Lipinski definition) is 4. The van der Waals surface area contributed by atoms with E-state index < -0.39 is 5.97 Å². The molecule has 2 heterocycles. The summed E-state index contributed by atoms with van der Waals surface area (Å²) in [6.07, 6.45) is 1.99. The number of esters is 1. The van der Waals surface area contributed by atoms with E-state index in [0.29, 0.717) is 48.7 Å². The van der Waals surface area contributed by atoms with Crippen LogP contribution >= 0.6 is 0 Å². The Labute approximate surface area is 140 Å². The van der Waals surface area contributed by atoms with Gasteiger partial charge in [-0.05, 0) is 32.3 Å². The van der Waals surface area contributed by atoms with Gasteiger partial charge in [0.25, 0.3) is 5.91 Å². The van der Waals surface area contributed by atoms with Gasteiger partial charge < -0.3 is 19.5 Å². The lowest BCUT2D eigenvalue weighted by molar-refractivity contribution is -0.134. The van der Waals surface area contributed by atoms with Crippen molar-refractivity contribution in [1.29, 1.82) is 0 Å². The molecule has 2 amide bonds. The van der Waals surface area contributed by atoms with Gasteiger partial charge in [0, 0.05) is 37.8 Å². The number of aryl methyl sites for hydroxylation is 1. The number of methoxy groups -OCH3 is 1. The van der Waals surface area contributed by atoms with Crippen LogP contribution in [-0.4, -0.2) is 65.9 Å². The summed E-state index contributed by atoms with van der Waals surface area (Å²) in [4.78, 5) is 43.3. The lowest BCUT2D eigenvalue weighted by Gasteiger charge is -2.34. The Morgan fingerprint density at radius 2 is 1.62 bits per heavy atom. The zero-order chi connectivity index (χ0) is 17.4. The van der Waals surface area contributed by atoms with E-state index in [2.05, 4.69) is 4.98 Å². The molecule has 130 valence electrons. The van der Waals surface area contributed by atoms with Crippen molar-refractivity contribution < 1.29 is 19.1 Å². The van der Waals surface area contributed by atoms with Crippen LogP contribution in [0.25, 0.3) is 0 Å². The topological polar surface area (TPSA) is 82.7 Å². The Morgan fingerprint density at radius 3 is 2.17 bits per heavy atom. The quantitative estimate of drug-likeness (QED) is 0.840. The zero-order valence-electron chi connectivity index (χ0n) is 14.3. The second-order valence-electron chi connectivity index (χ2n) is 6.51. The molecule has 0 bridgehead atoms. The largest absolute Gasteiger partial charge is 0.465 e. The molecule has 0 spiro atoms. The number of nitrogens with zero attached hydrogens (tertiary/aromatic N) is 2. The SMILES string of the molecule is COC(=O)c1c(C)[nH]c(C(=O)N2CCN(C(=O)C3CC3)CC2)c1C. The Bertz CT molecular complexity index is 682. The fourth-order valence-electron chi connectivity index (χ4n) is 3.25. The minimum absolute atomic E-state index is 0.135. The summed E-state index contributed by atoms with van der Waals surface area (Å²) in [5.41, 5.74) is 2.09. The molecule has 1 saturated carbocycles. The normalized spacial score (nSPS) is 17.8. The highest BCUT2D eigenvalue weighted by Gasteiger charge is 2.35. The van der Waals surface area contributed by atoms with Crippen LogP contribution in [0.2, 0.25) is 0 Å². The Hall–Kier alpha value is -2.31. The molecule has 1 aliphatic carbocycles. The maximum Gasteiger partial charge on any atom is 0.339 e. The van der Waals surface area contributed by atoms with Crippen LogP contribution in [0.4, 0.5) is 0 Å². The number of hydrogen-bond donors (Lipinski definition) is 1. The van der Waals surface area contributed by atoms with E-state index in [9.17, 15) is 14.4 Å². The molecule has 1 aliphatic heterocycles. The predicted octanol–water partition coefficient (Wildman–Crippen LogP) is 1.11. The van der Waals surface area contributed by atoms with Crippen molar-refractivity contribution in [2.45, 2.75) is 26.7 Å². The Kier molecular flexibility index (Phi) is 4.34. The second-order valence-corrected chi connectivity index (χ2v) is 6.51. The number of aromatic nitrogens is 1. The number of ether oxygens (including phenoxy) is 1. The smallest absolute Gasteiger partial charge is 0.339 e. The molecule has 1 aromatic heterocycles. The van der Waals surface area contributed by atoms with Crippen LogP contribution in [0, 0.1) is 19.8 Å². The van der Waals surface area contributed by atoms with E-state index in [1.807, 2.05) is 4.90 Å². The summed E-state index contributed by atoms with van der Waals surface area (Å²) < 4.78 is 4.78. The highest BCUT2D eigenvalue weighted by molar-refractivity contribution is 6.00. The van der Waals surface area contributed by atoms with Gasteiger partial charge in [-0.3, -0.25) is 9.59 Å². The molecule has 0 aromatic carbocycles. The fourth-order valence-corrected chi connectivity index (χ4v) is 3.25. The minimum Gasteiger partial charge on any atom is -0.465 e. The summed E-state index contributed by atoms with van der Waals surface area (Å²) in [6.45, 7) is 5.68. The van der Waals surface area contributed by atoms with Crippen LogP contribution < -0.4 is 0 Å². The van der Waals surface area contributed by atoms with Crippen molar-refractivity contribution in [3.05, 3.63) is 22.5 Å². The number of piperazine rings is 1. The van der Waals surface area contributed by atoms with Crippen molar-refractivity contribution in [1.82, 2.24) is 14.8 Å². The van der Waals surface area contributed by atoms with Gasteiger partial charge in [-0.1, -0.05) is 0 Å². The summed E-state index contributed by atoms with van der Waals surface area (Å²) >= 11 is 0. The Morgan fingerprint density at radius 1 is 1.04 bits per heavy atom. The lowest BCUT2D eigenvalue weighted by atomic mass is 10.1. The first-order valence-electron chi connectivity index (χ1n) is 8.29. The van der Waals surface area contributed by atoms with Crippen molar-refractivity contribution in [3.63, 3.8) is 0 Å². The van der Waals surface area contributed by atoms with Crippen LogP contribution in [0.5, 0.6) is 0 Å². The number of aromatic amines is 1. The van der Waals surface area contributed by atoms with Gasteiger partial charge >= 0.3 is 5.97 Å². The number of carbonyl (C=O) groups is 3. The molecule has 3 rings (SSSR count). The third-order valence-electron chi connectivity index (χ3n) is 4.85. The minimum atomic E-state index is -0.444. The summed E-state index contributed by atoms with van der Waals surface area (Å²) in [5, 5.41) is 0. The maximum atomic E-state index is 12.8. The van der Waals surface area contributed by atoms with Crippen molar-refractivity contribution >= 4 is 17.8 Å². The number of carbonyl (C=O) groups excluding carboxylic acids is 3. The third-order valence-corrected chi connectivity index (χ3v) is 4.85. The van der Waals surface area contributed by atoms with E-state index in [1.165, 1.54) is 7.11 Å². The maximum absolute atomic E-state index is 12.8. The average molecular weight is 333 g/mol. The van der Waals surface area contributed by atoms with Gasteiger partial charge in [-0.15, -0.1) is 0 Å². The highest BCUT2D eigenvalue weighted by atomic mass is 16.5. The first kappa shape index (κ1) is 16.5. The van der Waals surface area contributed by atoms with Gasteiger partial charge in [0.1, 0.15) is 5.69 Å². The molecular weight excluding hydrogens is 310 g/mol. The molecule has 1 aromatic rings. The van der Waals surface area contributed by atoms with E-state index in [-0.39, 0.29) is 17.7 Å². The van der Waals surface area contributed by atoms with Crippen LogP contribution in [0.1, 0.15) is 44.9 Å². The van der Waals surface area contributed by atoms with Gasteiger partial charge in [0.05, 0.1) is 12.7 Å². The molecule has 0 atom stereocenters. The molecule has 0 radical (unpaired) electrons. The van der Waals surface area contributed by atoms with Crippen LogP contribution in [-0.2, 0) is 9.53 Å². The van der Waals surface area contributed by atoms with Crippen molar-refractivity contribution in [3.8, 4) is 0 Å². The van der Waals surface area contributed by atoms with Gasteiger partial charge in [-0.2, -0.15) is 0 Å². The highest BCUT2D eigenvalue weighted by Crippen LogP contribution is 2.31. The van der Waals surface area contributed by atoms with Crippen LogP contribution in [0.3, 0.4) is 0 Å². The van der Waals surface area contributed by atoms with E-state index in [4.69, 9.17) is 4.74 Å². The van der Waals surface area contributed by atoms with Gasteiger partial charge in [-0.25, -0.2) is 4.79 Å². The summed E-state index contributed by atoms with van der Waals surface area (Å²) in [5.74, 6) is -0.144. The third kappa shape index (κ3) is 2.90. The molecular formula is C17H23N3O4. The van der Waals surface area contributed by atoms with E-state index in [1.54, 1.807) is 18.7 Å². The Balaban J connectivity index is 1.69. The monoisotopic (exact) mass is 333 g/mol. The first-order chi connectivity index (χ1) is 11.4. The zero-order valence-corrected chi connectivity index (χ0v) is 14.3. The first-order valence-corrected chi connectivity index (χ1v) is 8.29. The average Bonchev–Trinajstić information content (AvgIpc) is 3.39. The van der Waals surface area contributed by atoms with E-state index >= 15 is 0 Å². The molecule has 1 saturated heterocycles. The van der Waals surface area contributed by atoms with Gasteiger partial charge in [0.15, 0.2) is 0 Å². The molecule has 7 nitrogen and oxygen atoms in total. The number of nitrogens with one attached hydrogen (secondary N) is 1. The number of H-pyrrole nitrogens is 1. The molecule has 7 heteroatoms. The second kappa shape index (κ2) is 6.30. The molecule has 2 fully saturated rings. The fraction of sp³-hybridized carbons (Fsp3) is 0.588. The summed E-state index contributed by atoms with van der Waals surface area (Å²) in [6, 6.07) is 0. The summed E-state index contributed by atoms with van der Waals surface area (Å²) in [7, 11) is 1.33. The molecule has 1 N–H and O–H groups in total. The van der Waals surface area contributed by atoms with E-state index in [0.717, 1.165) is 12.8 Å². The predicted molar refractivity (Wildman–Crippen MR) is 86.8 cm³/mol. The standard InChI is InChI=1S/C17H23N3O4/c1-10-13(17(23)24-3)11(2)18-14(10)16(22)20-8-6-19(7-9-20)15(21)12-4-5-12/h12,18H,4-9H2,1-3H3. The molecule has 24 heavy (non-hydrogen) atoms. The number of rotatable bonds is 3. The molecule has 2 aliphatic rings. The lowest BCUT2D eigenvalue weighted by Crippen LogP contribution is -2.51. The molecule has 0 unspecified atom stereocenters.